The Morgan fingerprint density at radius 2 is 1.16 bits per heavy atom. The molecule has 2 aromatic heterocycles. The molecule has 0 bridgehead atoms. The topological polar surface area (TPSA) is 668 Å². The SMILES string of the molecule is CCCC[C@H]1C(=O)N(C)[C@@H](CCCC)C(=O)N[C@@H](CCCNC(=N)N)C(=O)N[C@H](C(=O)NCC(N)=O)CSCC(=O)N[C@@H](Cc2ccc(O)cc2)C(=O)N(C)[C@@H](C)C(=O)NC(CC(N)=O)C(=O)N2CCC[C@H]2C(=O)N[C@@H](CN)C(=O)N[C@@H](CC(C)C)C(=O)N2C[C@H](O)C[C@H]2C(=O)N[C@@H](Cc2c[nH]c3ccccc23)C(=O)N[C@@H](CO)C(=O)N[C@@H](Cc2c(-c3cccc(OC)c3)[nH]c3ccccc23)C(=O)N1C. The number of fused-ring (bicyclic) bond motifs is 4. The number of hydrogen-bond acceptors (Lipinski definition) is 24. The van der Waals surface area contributed by atoms with Gasteiger partial charge < -0.3 is 136 Å². The molecule has 44 nitrogen and oxygen atoms in total. The van der Waals surface area contributed by atoms with E-state index in [-0.39, 0.29) is 89.0 Å². The number of likely N-dealkylation sites (N-methyl/N-ethyl adjacent to an activating group) is 3. The molecule has 760 valence electrons. The summed E-state index contributed by atoms with van der Waals surface area (Å²) in [5.41, 5.74) is 26.6. The van der Waals surface area contributed by atoms with E-state index in [0.29, 0.717) is 81.2 Å². The highest BCUT2D eigenvalue weighted by Crippen LogP contribution is 2.35. The molecule has 140 heavy (non-hydrogen) atoms. The Balaban J connectivity index is 1.13. The zero-order valence-corrected chi connectivity index (χ0v) is 81.0. The average Bonchev–Trinajstić information content (AvgIpc) is 1.62. The molecule has 45 heteroatoms. The molecule has 25 N–H and O–H groups in total. The Labute approximate surface area is 814 Å². The van der Waals surface area contributed by atoms with Gasteiger partial charge in [-0.2, -0.15) is 0 Å². The number of thioether (sulfide) groups is 1. The van der Waals surface area contributed by atoms with Crippen LogP contribution in [0.25, 0.3) is 33.1 Å². The van der Waals surface area contributed by atoms with Crippen LogP contribution in [0.4, 0.5) is 0 Å². The van der Waals surface area contributed by atoms with E-state index in [1.807, 2.05) is 13.8 Å². The number of carbonyl (C=O) groups excluding carboxylic acids is 17. The van der Waals surface area contributed by atoms with Crippen molar-refractivity contribution >= 4 is 140 Å². The second kappa shape index (κ2) is 52.2. The highest BCUT2D eigenvalue weighted by atomic mass is 32.2. The van der Waals surface area contributed by atoms with Crippen molar-refractivity contribution in [3.8, 4) is 22.8 Å². The van der Waals surface area contributed by atoms with Crippen LogP contribution in [0.5, 0.6) is 11.5 Å². The number of ether oxygens (including phenoxy) is 1. The normalized spacial score (nSPS) is 24.3. The van der Waals surface area contributed by atoms with Crippen molar-refractivity contribution in [2.45, 2.75) is 228 Å². The zero-order chi connectivity index (χ0) is 102. The van der Waals surface area contributed by atoms with Crippen LogP contribution in [-0.4, -0.2) is 326 Å². The van der Waals surface area contributed by atoms with E-state index in [1.54, 1.807) is 92.8 Å². The lowest BCUT2D eigenvalue weighted by molar-refractivity contribution is -0.149. The van der Waals surface area contributed by atoms with Crippen molar-refractivity contribution in [3.63, 3.8) is 0 Å². The summed E-state index contributed by atoms with van der Waals surface area (Å²) in [6.45, 7) is 5.30. The molecule has 5 heterocycles. The number of aromatic amines is 2. The first kappa shape index (κ1) is 110. The van der Waals surface area contributed by atoms with Gasteiger partial charge >= 0.3 is 0 Å². The van der Waals surface area contributed by atoms with Crippen molar-refractivity contribution < 1.29 is 102 Å². The first-order valence-electron chi connectivity index (χ1n) is 46.9. The van der Waals surface area contributed by atoms with Gasteiger partial charge in [0.25, 0.3) is 0 Å². The summed E-state index contributed by atoms with van der Waals surface area (Å²) in [5, 5.41) is 71.1. The number of rotatable bonds is 27. The molecule has 0 spiro atoms. The summed E-state index contributed by atoms with van der Waals surface area (Å²) < 4.78 is 5.65. The standard InChI is InChI=1S/C95H133N23O21S/c1-10-12-28-73-87(131)106-64(27-19-35-101-95(99)100)83(127)113-72(82(126)103-46-78(98)123)49-140-50-79(124)104-67(38-53-31-33-56(120)34-32-53)90(134)114(6)52(5)81(125)108-69(43-77(97)122)92(136)117-36-20-30-74(117)88(132)111-70(44-96)85(129)109-66(37-51(3)4)93(137)118-47-57(121)41-76(118)89(133)107-65(40-55-45-102-62-25-16-14-23-59(55)62)84(128)112-71(48-119)86(130)110-68(91(135)116(8)75(29-13-11-2)94(138)115(73)7)42-61-60-24-15-17-26-63(60)105-80(61)54-21-18-22-58(39-54)139-9/h14-18,21-26,31-34,39,45,51-52,57,64-76,102,105,119-121H,10-13,19-20,27-30,35-38,40-44,46-50,96H2,1-9H3,(H2,97,122)(H2,98,123)(H,103,126)(H,104,124)(H,106,131)(H,107,133)(H,108,125)(H,109,129)(H,110,130)(H,111,132)(H,112,128)(H,113,127)(H4,99,100,101)/t52-,57+,64-,65-,66-,67-,68-,69?,70-,71-,72-,73-,74-,75-,76-/m0/s1. The number of aliphatic hydroxyl groups is 2. The molecule has 6 aromatic rings. The molecule has 4 aromatic carbocycles. The molecule has 3 saturated heterocycles. The number of aliphatic hydroxyl groups excluding tert-OH is 2. The second-order valence-electron chi connectivity index (χ2n) is 35.8. The van der Waals surface area contributed by atoms with E-state index < -0.39 is 248 Å². The van der Waals surface area contributed by atoms with Crippen molar-refractivity contribution in [3.05, 3.63) is 120 Å². The fourth-order valence-corrected chi connectivity index (χ4v) is 18.2. The van der Waals surface area contributed by atoms with Crippen molar-refractivity contribution in [2.75, 3.05) is 79.1 Å². The second-order valence-corrected chi connectivity index (χ2v) is 36.9. The largest absolute Gasteiger partial charge is 0.508 e. The van der Waals surface area contributed by atoms with E-state index in [2.05, 4.69) is 68.5 Å². The van der Waals surface area contributed by atoms with Gasteiger partial charge in [0.05, 0.1) is 38.5 Å². The van der Waals surface area contributed by atoms with Crippen molar-refractivity contribution in [1.29, 1.82) is 5.41 Å². The molecule has 17 amide bonds. The van der Waals surface area contributed by atoms with E-state index in [1.165, 1.54) is 59.4 Å². The third kappa shape index (κ3) is 29.8. The van der Waals surface area contributed by atoms with Gasteiger partial charge in [0, 0.05) is 118 Å². The molecule has 3 fully saturated rings. The number of unbranched alkanes of at least 4 members (excludes halogenated alkanes) is 2. The number of phenolic OH excluding ortho intramolecular Hbond substituents is 1. The number of phenols is 1. The van der Waals surface area contributed by atoms with Gasteiger partial charge in [-0.15, -0.1) is 11.8 Å². The van der Waals surface area contributed by atoms with Gasteiger partial charge in [-0.3, -0.25) is 86.9 Å². The Bertz CT molecular complexity index is 5440. The minimum absolute atomic E-state index is 0.0209. The van der Waals surface area contributed by atoms with Crippen LogP contribution in [0, 0.1) is 11.3 Å². The van der Waals surface area contributed by atoms with Crippen LogP contribution in [0.3, 0.4) is 0 Å². The fourth-order valence-electron chi connectivity index (χ4n) is 17.3. The lowest BCUT2D eigenvalue weighted by Gasteiger charge is -2.36. The monoisotopic (exact) mass is 1960 g/mol. The Morgan fingerprint density at radius 1 is 0.579 bits per heavy atom. The summed E-state index contributed by atoms with van der Waals surface area (Å²) >= 11 is 0.755. The van der Waals surface area contributed by atoms with Crippen molar-refractivity contribution in [2.24, 2.45) is 28.9 Å². The minimum atomic E-state index is -1.94. The maximum atomic E-state index is 16.2. The number of benzene rings is 4. The van der Waals surface area contributed by atoms with Crippen LogP contribution >= 0.6 is 11.8 Å². The van der Waals surface area contributed by atoms with Gasteiger partial charge in [-0.1, -0.05) is 114 Å². The molecule has 0 radical (unpaired) electrons. The molecule has 0 saturated carbocycles. The number of aromatic hydroxyl groups is 1. The lowest BCUT2D eigenvalue weighted by atomic mass is 9.96. The smallest absolute Gasteiger partial charge is 0.246 e. The summed E-state index contributed by atoms with van der Waals surface area (Å²) in [6.07, 6.45) is -0.696. The minimum Gasteiger partial charge on any atom is -0.508 e. The third-order valence-electron chi connectivity index (χ3n) is 25.1. The highest BCUT2D eigenvalue weighted by Gasteiger charge is 2.47. The molecule has 0 aliphatic carbocycles. The van der Waals surface area contributed by atoms with E-state index in [0.717, 1.165) is 36.3 Å². The number of primary amides is 2. The number of H-pyrrole nitrogens is 2. The van der Waals surface area contributed by atoms with Gasteiger partial charge in [-0.05, 0) is 111 Å². The van der Waals surface area contributed by atoms with Gasteiger partial charge in [0.2, 0.25) is 100 Å². The molecule has 9 rings (SSSR count). The van der Waals surface area contributed by atoms with Crippen LogP contribution < -0.4 is 86.2 Å². The molecule has 15 atom stereocenters. The predicted octanol–water partition coefficient (Wildman–Crippen LogP) is -2.26. The van der Waals surface area contributed by atoms with Crippen LogP contribution in [-0.2, 0) is 101 Å². The number of nitrogens with one attached hydrogen (secondary N) is 14. The zero-order valence-electron chi connectivity index (χ0n) is 80.2. The number of guanidine groups is 1. The summed E-state index contributed by atoms with van der Waals surface area (Å²) in [6, 6.07) is 4.36. The Morgan fingerprint density at radius 3 is 1.82 bits per heavy atom. The number of aromatic nitrogens is 2. The van der Waals surface area contributed by atoms with Gasteiger partial charge in [0.15, 0.2) is 5.96 Å². The predicted molar refractivity (Wildman–Crippen MR) is 519 cm³/mol. The summed E-state index contributed by atoms with van der Waals surface area (Å²) in [7, 11) is 5.38. The maximum Gasteiger partial charge on any atom is 0.246 e. The van der Waals surface area contributed by atoms with Gasteiger partial charge in [-0.25, -0.2) is 0 Å². The molecule has 3 aliphatic heterocycles. The number of hydrogen-bond donors (Lipinski definition) is 21. The van der Waals surface area contributed by atoms with Crippen LogP contribution in [0.2, 0.25) is 0 Å². The average molecular weight is 1970 g/mol. The molecular weight excluding hydrogens is 1830 g/mol. The van der Waals surface area contributed by atoms with Crippen LogP contribution in [0.1, 0.15) is 135 Å². The summed E-state index contributed by atoms with van der Waals surface area (Å²) in [5.74, 6) is -17.9. The highest BCUT2D eigenvalue weighted by molar-refractivity contribution is 8.00. The molecule has 3 aliphatic rings. The fraction of sp³-hybridized carbons (Fsp3) is 0.516. The van der Waals surface area contributed by atoms with E-state index in [4.69, 9.17) is 33.1 Å². The quantitative estimate of drug-likeness (QED) is 0.0147. The summed E-state index contributed by atoms with van der Waals surface area (Å²) in [4.78, 5) is 263. The van der Waals surface area contributed by atoms with Gasteiger partial charge in [0.1, 0.15) is 96.1 Å². The number of nitrogens with two attached hydrogens (primary N) is 4. The third-order valence-corrected chi connectivity index (χ3v) is 26.1. The van der Waals surface area contributed by atoms with Crippen molar-refractivity contribution in [1.82, 2.24) is 93.0 Å². The first-order valence-corrected chi connectivity index (χ1v) is 48.0. The first-order chi connectivity index (χ1) is 66.7. The molecule has 1 unspecified atom stereocenters. The Kier molecular flexibility index (Phi) is 40.9. The maximum absolute atomic E-state index is 16.2. The number of nitrogens with zero attached hydrogens (tertiary/aromatic N) is 5. The molecular formula is C95H133N23O21S. The number of amides is 17. The van der Waals surface area contributed by atoms with E-state index >= 15 is 38.4 Å². The van der Waals surface area contributed by atoms with Crippen LogP contribution in [0.15, 0.2) is 103 Å². The van der Waals surface area contributed by atoms with E-state index in [9.17, 15) is 58.5 Å². The lowest BCUT2D eigenvalue weighted by Crippen LogP contribution is -2.62. The Hall–Kier alpha value is -14.0. The number of carbonyl (C=O) groups is 17. The number of para-hydroxylation sites is 2. The number of methoxy groups -OCH3 is 1.